The number of nitrogens with two attached hydrogens (primary N) is 1. The van der Waals surface area contributed by atoms with Gasteiger partial charge in [0.05, 0.1) is 13.2 Å². The summed E-state index contributed by atoms with van der Waals surface area (Å²) >= 11 is 0. The molecule has 76 valence electrons. The summed E-state index contributed by atoms with van der Waals surface area (Å²) in [6.07, 6.45) is 9.35. The van der Waals surface area contributed by atoms with E-state index in [2.05, 4.69) is 23.7 Å². The molecule has 0 bridgehead atoms. The quantitative estimate of drug-likeness (QED) is 0.698. The summed E-state index contributed by atoms with van der Waals surface area (Å²) in [4.78, 5) is 0. The van der Waals surface area contributed by atoms with Crippen molar-refractivity contribution < 1.29 is 4.74 Å². The van der Waals surface area contributed by atoms with Gasteiger partial charge in [0.2, 0.25) is 0 Å². The molecule has 0 aromatic carbocycles. The molecule has 3 N–H and O–H groups in total. The summed E-state index contributed by atoms with van der Waals surface area (Å²) in [6, 6.07) is 0.399. The van der Waals surface area contributed by atoms with Gasteiger partial charge in [0.1, 0.15) is 5.76 Å². The Morgan fingerprint density at radius 1 is 1.57 bits per heavy atom. The fourth-order valence-electron chi connectivity index (χ4n) is 1.99. The topological polar surface area (TPSA) is 47.3 Å². The third-order valence-electron chi connectivity index (χ3n) is 2.76. The number of allylic oxidation sites excluding steroid dienone is 1. The number of hydrogen-bond acceptors (Lipinski definition) is 3. The van der Waals surface area contributed by atoms with Gasteiger partial charge in [-0.05, 0) is 36.9 Å². The highest BCUT2D eigenvalue weighted by Gasteiger charge is 2.27. The van der Waals surface area contributed by atoms with E-state index < -0.39 is 0 Å². The Morgan fingerprint density at radius 2 is 2.43 bits per heavy atom. The van der Waals surface area contributed by atoms with Crippen LogP contribution in [0.1, 0.15) is 6.42 Å². The van der Waals surface area contributed by atoms with Crippen molar-refractivity contribution in [2.45, 2.75) is 12.5 Å². The summed E-state index contributed by atoms with van der Waals surface area (Å²) in [5.74, 6) is 1.37. The summed E-state index contributed by atoms with van der Waals surface area (Å²) in [6.45, 7) is 0.705. The van der Waals surface area contributed by atoms with Crippen molar-refractivity contribution in [3.63, 3.8) is 0 Å². The minimum absolute atomic E-state index is 0.399. The molecule has 0 aromatic rings. The van der Waals surface area contributed by atoms with Crippen LogP contribution in [0.4, 0.5) is 0 Å². The van der Waals surface area contributed by atoms with Crippen molar-refractivity contribution in [3.8, 4) is 0 Å². The molecule has 0 amide bonds. The molecule has 2 unspecified atom stereocenters. The largest absolute Gasteiger partial charge is 0.497 e. The SMILES string of the molecule is COC1=CC2C(CCN)=CNC2C=C1. The van der Waals surface area contributed by atoms with Gasteiger partial charge in [0, 0.05) is 5.92 Å². The van der Waals surface area contributed by atoms with E-state index in [1.165, 1.54) is 5.57 Å². The van der Waals surface area contributed by atoms with Gasteiger partial charge in [-0.1, -0.05) is 6.08 Å². The lowest BCUT2D eigenvalue weighted by molar-refractivity contribution is 0.299. The number of ether oxygens (including phenoxy) is 1. The number of rotatable bonds is 3. The highest BCUT2D eigenvalue weighted by molar-refractivity contribution is 5.34. The van der Waals surface area contributed by atoms with Crippen molar-refractivity contribution in [2.24, 2.45) is 11.7 Å². The first-order valence-corrected chi connectivity index (χ1v) is 4.94. The van der Waals surface area contributed by atoms with Gasteiger partial charge in [-0.15, -0.1) is 0 Å². The second kappa shape index (κ2) is 3.88. The van der Waals surface area contributed by atoms with Crippen LogP contribution in [0.15, 0.2) is 35.8 Å². The molecule has 2 aliphatic rings. The van der Waals surface area contributed by atoms with Crippen molar-refractivity contribution in [1.82, 2.24) is 5.32 Å². The van der Waals surface area contributed by atoms with E-state index in [0.717, 1.165) is 12.2 Å². The standard InChI is InChI=1S/C11H16N2O/c1-14-9-2-3-11-10(6-9)8(4-5-12)7-13-11/h2-3,6-7,10-11,13H,4-5,12H2,1H3. The summed E-state index contributed by atoms with van der Waals surface area (Å²) in [5, 5.41) is 3.33. The minimum atomic E-state index is 0.399. The van der Waals surface area contributed by atoms with E-state index >= 15 is 0 Å². The third-order valence-corrected chi connectivity index (χ3v) is 2.76. The monoisotopic (exact) mass is 192 g/mol. The van der Waals surface area contributed by atoms with Crippen LogP contribution in [0.2, 0.25) is 0 Å². The molecule has 0 saturated carbocycles. The van der Waals surface area contributed by atoms with Crippen LogP contribution >= 0.6 is 0 Å². The Morgan fingerprint density at radius 3 is 3.14 bits per heavy atom. The van der Waals surface area contributed by atoms with Crippen LogP contribution in [-0.4, -0.2) is 19.7 Å². The number of methoxy groups -OCH3 is 1. The zero-order valence-electron chi connectivity index (χ0n) is 8.36. The van der Waals surface area contributed by atoms with Gasteiger partial charge in [0.15, 0.2) is 0 Å². The normalized spacial score (nSPS) is 29.0. The van der Waals surface area contributed by atoms with Gasteiger partial charge in [0.25, 0.3) is 0 Å². The molecule has 1 aliphatic carbocycles. The first-order chi connectivity index (χ1) is 6.85. The van der Waals surface area contributed by atoms with E-state index in [1.54, 1.807) is 7.11 Å². The van der Waals surface area contributed by atoms with Gasteiger partial charge >= 0.3 is 0 Å². The summed E-state index contributed by atoms with van der Waals surface area (Å²) < 4.78 is 5.21. The van der Waals surface area contributed by atoms with Crippen LogP contribution in [0, 0.1) is 5.92 Å². The Labute approximate surface area is 84.3 Å². The maximum absolute atomic E-state index is 5.56. The van der Waals surface area contributed by atoms with Gasteiger partial charge in [-0.3, -0.25) is 0 Å². The first kappa shape index (κ1) is 9.34. The molecule has 14 heavy (non-hydrogen) atoms. The van der Waals surface area contributed by atoms with Crippen LogP contribution < -0.4 is 11.1 Å². The Hall–Kier alpha value is -1.22. The smallest absolute Gasteiger partial charge is 0.115 e. The maximum Gasteiger partial charge on any atom is 0.115 e. The van der Waals surface area contributed by atoms with E-state index in [-0.39, 0.29) is 0 Å². The Kier molecular flexibility index (Phi) is 2.59. The fraction of sp³-hybridized carbons (Fsp3) is 0.455. The Balaban J connectivity index is 2.13. The summed E-state index contributed by atoms with van der Waals surface area (Å²) in [5.41, 5.74) is 6.93. The third kappa shape index (κ3) is 1.55. The second-order valence-corrected chi connectivity index (χ2v) is 3.61. The number of fused-ring (bicyclic) bond motifs is 1. The zero-order chi connectivity index (χ0) is 9.97. The first-order valence-electron chi connectivity index (χ1n) is 4.94. The van der Waals surface area contributed by atoms with E-state index in [1.807, 2.05) is 6.08 Å². The zero-order valence-corrected chi connectivity index (χ0v) is 8.36. The molecule has 0 saturated heterocycles. The predicted octanol–water partition coefficient (Wildman–Crippen LogP) is 0.907. The fourth-order valence-corrected chi connectivity index (χ4v) is 1.99. The van der Waals surface area contributed by atoms with Crippen LogP contribution in [-0.2, 0) is 4.74 Å². The number of nitrogens with one attached hydrogen (secondary N) is 1. The van der Waals surface area contributed by atoms with Crippen molar-refractivity contribution in [1.29, 1.82) is 0 Å². The highest BCUT2D eigenvalue weighted by Crippen LogP contribution is 2.30. The average molecular weight is 192 g/mol. The molecule has 1 aliphatic heterocycles. The lowest BCUT2D eigenvalue weighted by atomic mass is 9.89. The average Bonchev–Trinajstić information content (AvgIpc) is 2.61. The van der Waals surface area contributed by atoms with E-state index in [4.69, 9.17) is 10.5 Å². The molecule has 3 nitrogen and oxygen atoms in total. The van der Waals surface area contributed by atoms with Crippen LogP contribution in [0.25, 0.3) is 0 Å². The molecular weight excluding hydrogens is 176 g/mol. The van der Waals surface area contributed by atoms with Gasteiger partial charge in [-0.2, -0.15) is 0 Å². The molecule has 0 spiro atoms. The van der Waals surface area contributed by atoms with Crippen molar-refractivity contribution in [2.75, 3.05) is 13.7 Å². The van der Waals surface area contributed by atoms with Crippen LogP contribution in [0.5, 0.6) is 0 Å². The Bertz CT molecular complexity index is 304. The molecule has 3 heteroatoms. The van der Waals surface area contributed by atoms with E-state index in [9.17, 15) is 0 Å². The highest BCUT2D eigenvalue weighted by atomic mass is 16.5. The lowest BCUT2D eigenvalue weighted by Gasteiger charge is -2.21. The molecular formula is C11H16N2O. The van der Waals surface area contributed by atoms with Crippen molar-refractivity contribution >= 4 is 0 Å². The lowest BCUT2D eigenvalue weighted by Crippen LogP contribution is -2.26. The van der Waals surface area contributed by atoms with Crippen LogP contribution in [0.3, 0.4) is 0 Å². The number of hydrogen-bond donors (Lipinski definition) is 2. The molecule has 0 aromatic heterocycles. The maximum atomic E-state index is 5.56. The van der Waals surface area contributed by atoms with Gasteiger partial charge < -0.3 is 15.8 Å². The summed E-state index contributed by atoms with van der Waals surface area (Å²) in [7, 11) is 1.70. The van der Waals surface area contributed by atoms with Gasteiger partial charge in [-0.25, -0.2) is 0 Å². The minimum Gasteiger partial charge on any atom is -0.497 e. The van der Waals surface area contributed by atoms with E-state index in [0.29, 0.717) is 18.5 Å². The molecule has 1 heterocycles. The molecule has 0 radical (unpaired) electrons. The predicted molar refractivity (Wildman–Crippen MR) is 56.4 cm³/mol. The molecule has 2 atom stereocenters. The van der Waals surface area contributed by atoms with Crippen molar-refractivity contribution in [3.05, 3.63) is 35.8 Å². The molecule has 2 rings (SSSR count). The second-order valence-electron chi connectivity index (χ2n) is 3.61. The molecule has 0 fully saturated rings.